The predicted octanol–water partition coefficient (Wildman–Crippen LogP) is -1.68. The first kappa shape index (κ1) is 41.8. The van der Waals surface area contributed by atoms with Crippen LogP contribution in [-0.4, -0.2) is 121 Å². The van der Waals surface area contributed by atoms with Gasteiger partial charge in [-0.05, 0) is 77.8 Å². The maximum atomic E-state index is 13.5. The van der Waals surface area contributed by atoms with Gasteiger partial charge in [0.15, 0.2) is 6.10 Å². The van der Waals surface area contributed by atoms with Crippen LogP contribution in [0.5, 0.6) is 0 Å². The summed E-state index contributed by atoms with van der Waals surface area (Å²) in [5.41, 5.74) is 8.30. The lowest BCUT2D eigenvalue weighted by Gasteiger charge is -2.26. The number of aliphatic hydroxyl groups is 5. The molecule has 1 heterocycles. The van der Waals surface area contributed by atoms with E-state index < -0.39 is 84.7 Å². The van der Waals surface area contributed by atoms with Crippen LogP contribution >= 0.6 is 0 Å². The minimum atomic E-state index is -2.26. The molecule has 3 aromatic rings. The van der Waals surface area contributed by atoms with E-state index in [1.807, 2.05) is 36.4 Å². The second kappa shape index (κ2) is 19.3. The second-order valence-corrected chi connectivity index (χ2v) is 12.7. The number of nitrogens with two attached hydrogens (primary N) is 1. The Bertz CT molecular complexity index is 1720. The van der Waals surface area contributed by atoms with Gasteiger partial charge in [-0.3, -0.25) is 24.0 Å². The summed E-state index contributed by atoms with van der Waals surface area (Å²) in [4.78, 5) is 64.4. The van der Waals surface area contributed by atoms with Crippen LogP contribution in [0.25, 0.3) is 21.8 Å². The van der Waals surface area contributed by atoms with Gasteiger partial charge in [0, 0.05) is 34.0 Å². The van der Waals surface area contributed by atoms with Crippen LogP contribution in [0.15, 0.2) is 42.5 Å². The van der Waals surface area contributed by atoms with Crippen LogP contribution in [0.1, 0.15) is 47.0 Å². The van der Waals surface area contributed by atoms with E-state index >= 15 is 0 Å². The number of carbonyl (C=O) groups excluding carboxylic acids is 5. The first-order valence-corrected chi connectivity index (χ1v) is 17.2. The SMILES string of the molecule is CCn1c2ccccc2c2cc(NC(=O)[C@H](CCCCN)NC(=O)[C@H](C)NC(=O)[C@H](C)NC(=O)[C@H](C)NC(=O)C(O)C(O)C(O)C(O)CO)ccc21. The highest BCUT2D eigenvalue weighted by atomic mass is 16.4. The number of aryl methyl sites for hydroxylation is 1. The van der Waals surface area contributed by atoms with Crippen LogP contribution in [-0.2, 0) is 30.5 Å². The molecule has 0 aliphatic carbocycles. The molecule has 0 radical (unpaired) electrons. The van der Waals surface area contributed by atoms with Crippen LogP contribution in [0.2, 0.25) is 0 Å². The summed E-state index contributed by atoms with van der Waals surface area (Å²) in [6.45, 7) is 6.25. The first-order valence-electron chi connectivity index (χ1n) is 17.2. The monoisotopic (exact) mass is 729 g/mol. The third kappa shape index (κ3) is 10.5. The second-order valence-electron chi connectivity index (χ2n) is 12.7. The molecular formula is C35H51N7O10. The molecule has 8 atom stereocenters. The normalized spacial score (nSPS) is 16.1. The smallest absolute Gasteiger partial charge is 0.252 e. The largest absolute Gasteiger partial charge is 0.394 e. The Morgan fingerprint density at radius 3 is 1.85 bits per heavy atom. The van der Waals surface area contributed by atoms with Gasteiger partial charge in [0.05, 0.1) is 6.61 Å². The number of fused-ring (bicyclic) bond motifs is 3. The molecule has 3 rings (SSSR count). The summed E-state index contributed by atoms with van der Waals surface area (Å²) in [6.07, 6.45) is -6.85. The molecule has 0 fully saturated rings. The molecular weight excluding hydrogens is 678 g/mol. The van der Waals surface area contributed by atoms with Crippen molar-refractivity contribution in [3.05, 3.63) is 42.5 Å². The van der Waals surface area contributed by atoms with E-state index in [1.54, 1.807) is 6.07 Å². The lowest BCUT2D eigenvalue weighted by atomic mass is 10.0. The van der Waals surface area contributed by atoms with E-state index in [4.69, 9.17) is 10.8 Å². The molecule has 1 aromatic heterocycles. The number of nitrogens with zero attached hydrogens (tertiary/aromatic N) is 1. The van der Waals surface area contributed by atoms with Gasteiger partial charge in [-0.1, -0.05) is 18.2 Å². The van der Waals surface area contributed by atoms with E-state index in [2.05, 4.69) is 38.1 Å². The highest BCUT2D eigenvalue weighted by Crippen LogP contribution is 2.31. The number of aromatic nitrogens is 1. The average Bonchev–Trinajstić information content (AvgIpc) is 3.45. The maximum Gasteiger partial charge on any atom is 0.252 e. The number of aliphatic hydroxyl groups excluding tert-OH is 5. The molecule has 5 amide bonds. The van der Waals surface area contributed by atoms with Crippen molar-refractivity contribution in [3.8, 4) is 0 Å². The van der Waals surface area contributed by atoms with E-state index in [0.29, 0.717) is 25.1 Å². The first-order chi connectivity index (χ1) is 24.6. The molecule has 286 valence electrons. The minimum absolute atomic E-state index is 0.287. The summed E-state index contributed by atoms with van der Waals surface area (Å²) < 4.78 is 2.19. The van der Waals surface area contributed by atoms with Crippen molar-refractivity contribution in [2.45, 2.75) is 102 Å². The van der Waals surface area contributed by atoms with Crippen LogP contribution in [0.3, 0.4) is 0 Å². The zero-order chi connectivity index (χ0) is 38.7. The zero-order valence-corrected chi connectivity index (χ0v) is 29.7. The molecule has 0 spiro atoms. The van der Waals surface area contributed by atoms with Crippen molar-refractivity contribution >= 4 is 57.0 Å². The molecule has 0 saturated heterocycles. The number of hydrogen-bond donors (Lipinski definition) is 11. The molecule has 17 heteroatoms. The molecule has 4 unspecified atom stereocenters. The van der Waals surface area contributed by atoms with Gasteiger partial charge in [-0.2, -0.15) is 0 Å². The number of anilines is 1. The Hall–Kier alpha value is -4.65. The predicted molar refractivity (Wildman–Crippen MR) is 193 cm³/mol. The Kier molecular flexibility index (Phi) is 15.5. The molecule has 0 aliphatic rings. The fourth-order valence-corrected chi connectivity index (χ4v) is 5.61. The minimum Gasteiger partial charge on any atom is -0.394 e. The third-order valence-corrected chi connectivity index (χ3v) is 8.72. The van der Waals surface area contributed by atoms with E-state index in [9.17, 15) is 44.4 Å². The van der Waals surface area contributed by atoms with E-state index in [0.717, 1.165) is 28.4 Å². The Morgan fingerprint density at radius 2 is 1.27 bits per heavy atom. The summed E-state index contributed by atoms with van der Waals surface area (Å²) >= 11 is 0. The fraction of sp³-hybridized carbons (Fsp3) is 0.514. The van der Waals surface area contributed by atoms with Crippen LogP contribution < -0.4 is 32.3 Å². The molecule has 0 bridgehead atoms. The number of hydrogen-bond acceptors (Lipinski definition) is 11. The maximum absolute atomic E-state index is 13.5. The number of nitrogens with one attached hydrogen (secondary N) is 5. The quantitative estimate of drug-likeness (QED) is 0.0620. The van der Waals surface area contributed by atoms with Crippen molar-refractivity contribution in [1.29, 1.82) is 0 Å². The number of para-hydroxylation sites is 1. The Labute approximate surface area is 300 Å². The van der Waals surface area contributed by atoms with Gasteiger partial charge < -0.3 is 62.4 Å². The fourth-order valence-electron chi connectivity index (χ4n) is 5.61. The molecule has 52 heavy (non-hydrogen) atoms. The number of carbonyl (C=O) groups is 5. The van der Waals surface area contributed by atoms with E-state index in [1.165, 1.54) is 20.8 Å². The van der Waals surface area contributed by atoms with Crippen LogP contribution in [0.4, 0.5) is 5.69 Å². The van der Waals surface area contributed by atoms with Gasteiger partial charge in [0.25, 0.3) is 5.91 Å². The van der Waals surface area contributed by atoms with Gasteiger partial charge in [0.1, 0.15) is 42.5 Å². The summed E-state index contributed by atoms with van der Waals surface area (Å²) in [5.74, 6) is -3.98. The molecule has 2 aromatic carbocycles. The summed E-state index contributed by atoms with van der Waals surface area (Å²) in [7, 11) is 0. The highest BCUT2D eigenvalue weighted by molar-refractivity contribution is 6.10. The Morgan fingerprint density at radius 1 is 0.712 bits per heavy atom. The summed E-state index contributed by atoms with van der Waals surface area (Å²) in [6, 6.07) is 9.02. The molecule has 17 nitrogen and oxygen atoms in total. The van der Waals surface area contributed by atoms with Gasteiger partial charge >= 0.3 is 0 Å². The van der Waals surface area contributed by atoms with Crippen LogP contribution in [0, 0.1) is 0 Å². The standard InChI is InChI=1S/C35H51N7O10/c1-5-42-25-12-7-6-10-22(25)23-16-21(13-14-26(23)42)40-34(51)24(11-8-9-15-36)41-33(50)20(4)38-31(48)18(2)37-32(49)19(3)39-35(52)30(47)29(46)28(45)27(44)17-43/h6-7,10,12-14,16,18-20,24,27-30,43-47H,5,8-9,11,15,17,36H2,1-4H3,(H,37,49)(H,38,48)(H,39,52)(H,40,51)(H,41,50)/t18-,19-,20-,24-,27?,28?,29?,30?/m0/s1. The van der Waals surface area contributed by atoms with Gasteiger partial charge in [-0.25, -0.2) is 0 Å². The lowest BCUT2D eigenvalue weighted by molar-refractivity contribution is -0.150. The van der Waals surface area contributed by atoms with E-state index in [-0.39, 0.29) is 6.42 Å². The number of unbranched alkanes of at least 4 members (excludes halogenated alkanes) is 1. The van der Waals surface area contributed by atoms with Crippen molar-refractivity contribution in [1.82, 2.24) is 25.8 Å². The van der Waals surface area contributed by atoms with Crippen molar-refractivity contribution in [3.63, 3.8) is 0 Å². The average molecular weight is 730 g/mol. The van der Waals surface area contributed by atoms with Gasteiger partial charge in [-0.15, -0.1) is 0 Å². The number of amides is 5. The lowest BCUT2D eigenvalue weighted by Crippen LogP contribution is -2.57. The molecule has 0 aliphatic heterocycles. The van der Waals surface area contributed by atoms with Crippen molar-refractivity contribution in [2.24, 2.45) is 5.73 Å². The van der Waals surface area contributed by atoms with Crippen molar-refractivity contribution in [2.75, 3.05) is 18.5 Å². The Balaban J connectivity index is 1.59. The van der Waals surface area contributed by atoms with Crippen molar-refractivity contribution < 1.29 is 49.5 Å². The number of benzene rings is 2. The summed E-state index contributed by atoms with van der Waals surface area (Å²) in [5, 5.41) is 62.5. The highest BCUT2D eigenvalue weighted by Gasteiger charge is 2.35. The number of rotatable bonds is 19. The topological polar surface area (TPSA) is 278 Å². The molecule has 12 N–H and O–H groups in total. The third-order valence-electron chi connectivity index (χ3n) is 8.72. The van der Waals surface area contributed by atoms with Gasteiger partial charge in [0.2, 0.25) is 23.6 Å². The molecule has 0 saturated carbocycles. The zero-order valence-electron chi connectivity index (χ0n) is 29.7.